The van der Waals surface area contributed by atoms with Crippen molar-refractivity contribution in [3.05, 3.63) is 27.7 Å². The zero-order valence-electron chi connectivity index (χ0n) is 10.8. The van der Waals surface area contributed by atoms with E-state index in [0.717, 1.165) is 28.8 Å². The molecule has 1 saturated carbocycles. The Bertz CT molecular complexity index is 512. The van der Waals surface area contributed by atoms with Crippen molar-refractivity contribution in [2.45, 2.75) is 38.3 Å². The summed E-state index contributed by atoms with van der Waals surface area (Å²) >= 11 is 3.53. The predicted molar refractivity (Wildman–Crippen MR) is 79.4 cm³/mol. The van der Waals surface area contributed by atoms with Crippen molar-refractivity contribution in [1.82, 2.24) is 5.32 Å². The summed E-state index contributed by atoms with van der Waals surface area (Å²) in [5.41, 5.74) is 8.25. The summed E-state index contributed by atoms with van der Waals surface area (Å²) in [6.07, 6.45) is 4.66. The molecule has 0 saturated heterocycles. The second-order valence-corrected chi connectivity index (χ2v) is 6.04. The number of nitrogens with zero attached hydrogens (tertiary/aromatic N) is 1. The van der Waals surface area contributed by atoms with E-state index in [9.17, 15) is 0 Å². The molecular weight excluding hydrogens is 306 g/mol. The number of fused-ring (bicyclic) bond motifs is 1. The zero-order valence-corrected chi connectivity index (χ0v) is 12.4. The predicted octanol–water partition coefficient (Wildman–Crippen LogP) is 2.34. The summed E-state index contributed by atoms with van der Waals surface area (Å²) in [6.45, 7) is 1.33. The van der Waals surface area contributed by atoms with Crippen molar-refractivity contribution >= 4 is 21.9 Å². The monoisotopic (exact) mass is 323 g/mol. The van der Waals surface area contributed by atoms with Gasteiger partial charge < -0.3 is 15.8 Å². The van der Waals surface area contributed by atoms with Crippen LogP contribution in [-0.4, -0.2) is 18.6 Å². The van der Waals surface area contributed by atoms with Gasteiger partial charge in [-0.05, 0) is 37.0 Å². The second-order valence-electron chi connectivity index (χ2n) is 5.13. The van der Waals surface area contributed by atoms with Crippen LogP contribution in [0.25, 0.3) is 0 Å². The van der Waals surface area contributed by atoms with Crippen molar-refractivity contribution in [3.8, 4) is 5.75 Å². The zero-order chi connectivity index (χ0) is 13.2. The topological polar surface area (TPSA) is 59.6 Å². The number of nitrogens with one attached hydrogen (secondary N) is 1. The summed E-state index contributed by atoms with van der Waals surface area (Å²) in [5.74, 6) is 1.53. The van der Waals surface area contributed by atoms with Gasteiger partial charge in [-0.2, -0.15) is 0 Å². The largest absolute Gasteiger partial charge is 0.493 e. The van der Waals surface area contributed by atoms with E-state index in [0.29, 0.717) is 18.5 Å². The lowest BCUT2D eigenvalue weighted by molar-refractivity contribution is 0.353. The first-order valence-corrected chi connectivity index (χ1v) is 7.52. The number of aliphatic imine (C=N–C) groups is 1. The Morgan fingerprint density at radius 2 is 2.32 bits per heavy atom. The highest BCUT2D eigenvalue weighted by atomic mass is 79.9. The molecule has 0 unspecified atom stereocenters. The molecule has 0 atom stereocenters. The molecule has 1 aliphatic carbocycles. The maximum atomic E-state index is 5.90. The van der Waals surface area contributed by atoms with E-state index < -0.39 is 0 Å². The fourth-order valence-corrected chi connectivity index (χ4v) is 2.99. The van der Waals surface area contributed by atoms with Gasteiger partial charge >= 0.3 is 0 Å². The third kappa shape index (κ3) is 2.86. The maximum absolute atomic E-state index is 5.90. The molecule has 1 fully saturated rings. The van der Waals surface area contributed by atoms with Gasteiger partial charge in [0.2, 0.25) is 0 Å². The van der Waals surface area contributed by atoms with Gasteiger partial charge in [-0.1, -0.05) is 15.9 Å². The fraction of sp³-hybridized carbons (Fsp3) is 0.500. The molecule has 19 heavy (non-hydrogen) atoms. The Labute approximate surface area is 121 Å². The van der Waals surface area contributed by atoms with Gasteiger partial charge in [-0.25, -0.2) is 4.99 Å². The molecule has 1 aromatic carbocycles. The molecule has 0 spiro atoms. The van der Waals surface area contributed by atoms with Crippen LogP contribution in [0.4, 0.5) is 0 Å². The number of rotatable bonds is 3. The molecule has 102 valence electrons. The van der Waals surface area contributed by atoms with Crippen LogP contribution in [-0.2, 0) is 13.0 Å². The second kappa shape index (κ2) is 5.41. The third-order valence-electron chi connectivity index (χ3n) is 3.70. The molecule has 0 aromatic heterocycles. The average molecular weight is 324 g/mol. The molecule has 1 aromatic rings. The van der Waals surface area contributed by atoms with E-state index in [-0.39, 0.29) is 0 Å². The van der Waals surface area contributed by atoms with Gasteiger partial charge in [-0.3, -0.25) is 0 Å². The van der Waals surface area contributed by atoms with Gasteiger partial charge in [0.1, 0.15) is 5.75 Å². The van der Waals surface area contributed by atoms with Crippen LogP contribution in [0.3, 0.4) is 0 Å². The minimum absolute atomic E-state index is 0.522. The Balaban J connectivity index is 1.70. The first kappa shape index (κ1) is 12.8. The molecule has 5 heteroatoms. The molecule has 3 rings (SSSR count). The van der Waals surface area contributed by atoms with Crippen LogP contribution in [0, 0.1) is 0 Å². The van der Waals surface area contributed by atoms with Crippen LogP contribution in [0.1, 0.15) is 30.4 Å². The van der Waals surface area contributed by atoms with Crippen molar-refractivity contribution in [1.29, 1.82) is 0 Å². The first-order chi connectivity index (χ1) is 9.22. The molecule has 4 nitrogen and oxygen atoms in total. The van der Waals surface area contributed by atoms with Crippen LogP contribution in [0.5, 0.6) is 5.75 Å². The number of hydrogen-bond donors (Lipinski definition) is 2. The van der Waals surface area contributed by atoms with Crippen molar-refractivity contribution < 1.29 is 4.74 Å². The Kier molecular flexibility index (Phi) is 3.64. The lowest BCUT2D eigenvalue weighted by atomic mass is 9.93. The van der Waals surface area contributed by atoms with E-state index in [2.05, 4.69) is 38.4 Å². The summed E-state index contributed by atoms with van der Waals surface area (Å²) in [7, 11) is 0. The van der Waals surface area contributed by atoms with Gasteiger partial charge in [0.25, 0.3) is 0 Å². The summed E-state index contributed by atoms with van der Waals surface area (Å²) in [6, 6.07) is 4.70. The summed E-state index contributed by atoms with van der Waals surface area (Å²) in [5, 5.41) is 3.24. The SMILES string of the molecule is NC(=NCc1cc(Br)cc2c1OCC2)NC1CCC1. The van der Waals surface area contributed by atoms with Crippen LogP contribution in [0.15, 0.2) is 21.6 Å². The normalized spacial score (nSPS) is 18.7. The lowest BCUT2D eigenvalue weighted by Gasteiger charge is -2.26. The summed E-state index contributed by atoms with van der Waals surface area (Å²) in [4.78, 5) is 4.42. The molecule has 0 radical (unpaired) electrons. The van der Waals surface area contributed by atoms with E-state index in [1.807, 2.05) is 0 Å². The molecule has 0 bridgehead atoms. The highest BCUT2D eigenvalue weighted by Crippen LogP contribution is 2.33. The van der Waals surface area contributed by atoms with E-state index >= 15 is 0 Å². The van der Waals surface area contributed by atoms with Crippen molar-refractivity contribution in [3.63, 3.8) is 0 Å². The Hall–Kier alpha value is -1.23. The number of guanidine groups is 1. The minimum Gasteiger partial charge on any atom is -0.493 e. The summed E-state index contributed by atoms with van der Waals surface area (Å²) < 4.78 is 6.76. The third-order valence-corrected chi connectivity index (χ3v) is 4.16. The molecule has 1 heterocycles. The quantitative estimate of drug-likeness (QED) is 0.663. The fourth-order valence-electron chi connectivity index (χ4n) is 2.44. The molecule has 0 amide bonds. The number of halogens is 1. The van der Waals surface area contributed by atoms with E-state index in [1.165, 1.54) is 24.8 Å². The van der Waals surface area contributed by atoms with Crippen molar-refractivity contribution in [2.75, 3.05) is 6.61 Å². The standard InChI is InChI=1S/C14H18BrN3O/c15-11-6-9-4-5-19-13(9)10(7-11)8-17-14(16)18-12-2-1-3-12/h6-7,12H,1-5,8H2,(H3,16,17,18). The molecule has 1 aliphatic heterocycles. The number of nitrogens with two attached hydrogens (primary N) is 1. The lowest BCUT2D eigenvalue weighted by Crippen LogP contribution is -2.43. The Morgan fingerprint density at radius 1 is 1.47 bits per heavy atom. The van der Waals surface area contributed by atoms with Crippen LogP contribution >= 0.6 is 15.9 Å². The van der Waals surface area contributed by atoms with E-state index in [1.54, 1.807) is 0 Å². The van der Waals surface area contributed by atoms with Gasteiger partial charge in [0.15, 0.2) is 5.96 Å². The van der Waals surface area contributed by atoms with E-state index in [4.69, 9.17) is 10.5 Å². The highest BCUT2D eigenvalue weighted by Gasteiger charge is 2.19. The molecular formula is C14H18BrN3O. The average Bonchev–Trinajstić information content (AvgIpc) is 2.78. The maximum Gasteiger partial charge on any atom is 0.189 e. The highest BCUT2D eigenvalue weighted by molar-refractivity contribution is 9.10. The first-order valence-electron chi connectivity index (χ1n) is 6.73. The minimum atomic E-state index is 0.522. The van der Waals surface area contributed by atoms with Crippen molar-refractivity contribution in [2.24, 2.45) is 10.7 Å². The molecule has 2 aliphatic rings. The van der Waals surface area contributed by atoms with Gasteiger partial charge in [0.05, 0.1) is 13.2 Å². The Morgan fingerprint density at radius 3 is 3.05 bits per heavy atom. The number of benzene rings is 1. The van der Waals surface area contributed by atoms with Crippen LogP contribution in [0.2, 0.25) is 0 Å². The molecule has 3 N–H and O–H groups in total. The number of hydrogen-bond acceptors (Lipinski definition) is 2. The van der Waals surface area contributed by atoms with Gasteiger partial charge in [-0.15, -0.1) is 0 Å². The number of ether oxygens (including phenoxy) is 1. The van der Waals surface area contributed by atoms with Gasteiger partial charge in [0, 0.05) is 22.5 Å². The van der Waals surface area contributed by atoms with Crippen LogP contribution < -0.4 is 15.8 Å². The smallest absolute Gasteiger partial charge is 0.189 e.